The van der Waals surface area contributed by atoms with Crippen LogP contribution in [-0.2, 0) is 16.1 Å². The van der Waals surface area contributed by atoms with E-state index >= 15 is 0 Å². The minimum absolute atomic E-state index is 0.321. The highest BCUT2D eigenvalue weighted by Gasteiger charge is 1.92. The molecule has 80 valence electrons. The van der Waals surface area contributed by atoms with Crippen LogP contribution in [0.2, 0.25) is 0 Å². The SMILES string of the molecule is CCOC(=O)/C=C/NCc1ccccc1. The van der Waals surface area contributed by atoms with Crippen LogP contribution in [0.1, 0.15) is 12.5 Å². The lowest BCUT2D eigenvalue weighted by Crippen LogP contribution is -2.06. The lowest BCUT2D eigenvalue weighted by atomic mass is 10.2. The van der Waals surface area contributed by atoms with E-state index in [0.29, 0.717) is 13.2 Å². The molecule has 0 heterocycles. The molecule has 1 aromatic carbocycles. The fourth-order valence-corrected chi connectivity index (χ4v) is 1.09. The summed E-state index contributed by atoms with van der Waals surface area (Å²) in [5, 5.41) is 3.01. The van der Waals surface area contributed by atoms with Crippen molar-refractivity contribution in [3.63, 3.8) is 0 Å². The molecule has 0 aromatic heterocycles. The Bertz CT molecular complexity index is 320. The number of rotatable bonds is 5. The Kier molecular flexibility index (Phi) is 5.01. The molecule has 0 amide bonds. The molecule has 0 fully saturated rings. The quantitative estimate of drug-likeness (QED) is 0.589. The molecule has 15 heavy (non-hydrogen) atoms. The van der Waals surface area contributed by atoms with Crippen LogP contribution in [0.15, 0.2) is 42.6 Å². The number of hydrogen-bond acceptors (Lipinski definition) is 3. The van der Waals surface area contributed by atoms with E-state index in [1.54, 1.807) is 13.1 Å². The maximum atomic E-state index is 10.9. The number of carbonyl (C=O) groups is 1. The van der Waals surface area contributed by atoms with Crippen molar-refractivity contribution in [3.8, 4) is 0 Å². The third kappa shape index (κ3) is 4.86. The summed E-state index contributed by atoms with van der Waals surface area (Å²) in [6, 6.07) is 9.96. The van der Waals surface area contributed by atoms with Gasteiger partial charge in [-0.3, -0.25) is 0 Å². The average Bonchev–Trinajstić information content (AvgIpc) is 2.26. The molecule has 0 spiro atoms. The molecule has 0 saturated carbocycles. The summed E-state index contributed by atoms with van der Waals surface area (Å²) < 4.78 is 4.73. The Morgan fingerprint density at radius 2 is 2.13 bits per heavy atom. The third-order valence-corrected chi connectivity index (χ3v) is 1.77. The van der Waals surface area contributed by atoms with Crippen molar-refractivity contribution in [2.45, 2.75) is 13.5 Å². The molecule has 0 aliphatic carbocycles. The Hall–Kier alpha value is -1.77. The fraction of sp³-hybridized carbons (Fsp3) is 0.250. The van der Waals surface area contributed by atoms with Crippen LogP contribution in [0.5, 0.6) is 0 Å². The molecule has 1 N–H and O–H groups in total. The highest BCUT2D eigenvalue weighted by molar-refractivity contribution is 5.81. The lowest BCUT2D eigenvalue weighted by Gasteiger charge is -2.00. The molecular formula is C12H15NO2. The molecule has 1 rings (SSSR count). The Morgan fingerprint density at radius 3 is 2.80 bits per heavy atom. The minimum Gasteiger partial charge on any atom is -0.463 e. The van der Waals surface area contributed by atoms with Crippen molar-refractivity contribution in [2.75, 3.05) is 6.61 Å². The molecule has 0 bridgehead atoms. The zero-order chi connectivity index (χ0) is 10.9. The standard InChI is InChI=1S/C12H15NO2/c1-2-15-12(14)8-9-13-10-11-6-4-3-5-7-11/h3-9,13H,2,10H2,1H3/b9-8+. The molecule has 1 aromatic rings. The minimum atomic E-state index is -0.321. The van der Waals surface area contributed by atoms with Crippen LogP contribution < -0.4 is 5.32 Å². The molecule has 3 nitrogen and oxygen atoms in total. The Morgan fingerprint density at radius 1 is 1.40 bits per heavy atom. The van der Waals surface area contributed by atoms with Gasteiger partial charge in [0.05, 0.1) is 6.61 Å². The zero-order valence-corrected chi connectivity index (χ0v) is 8.77. The largest absolute Gasteiger partial charge is 0.463 e. The summed E-state index contributed by atoms with van der Waals surface area (Å²) in [5.74, 6) is -0.321. The second-order valence-electron chi connectivity index (χ2n) is 2.95. The second-order valence-corrected chi connectivity index (χ2v) is 2.95. The molecule has 0 aliphatic heterocycles. The van der Waals surface area contributed by atoms with Crippen LogP contribution >= 0.6 is 0 Å². The number of esters is 1. The van der Waals surface area contributed by atoms with Crippen LogP contribution in [-0.4, -0.2) is 12.6 Å². The predicted molar refractivity (Wildman–Crippen MR) is 59.1 cm³/mol. The Balaban J connectivity index is 2.24. The summed E-state index contributed by atoms with van der Waals surface area (Å²) in [6.45, 7) is 2.89. The van der Waals surface area contributed by atoms with E-state index in [2.05, 4.69) is 5.32 Å². The van der Waals surface area contributed by atoms with Gasteiger partial charge in [-0.05, 0) is 12.5 Å². The molecule has 3 heteroatoms. The van der Waals surface area contributed by atoms with Crippen molar-refractivity contribution < 1.29 is 9.53 Å². The first-order chi connectivity index (χ1) is 7.33. The maximum absolute atomic E-state index is 10.9. The monoisotopic (exact) mass is 205 g/mol. The van der Waals surface area contributed by atoms with Crippen LogP contribution in [0.3, 0.4) is 0 Å². The number of hydrogen-bond donors (Lipinski definition) is 1. The van der Waals surface area contributed by atoms with Gasteiger partial charge in [0, 0.05) is 18.8 Å². The van der Waals surface area contributed by atoms with Crippen LogP contribution in [0, 0.1) is 0 Å². The summed E-state index contributed by atoms with van der Waals surface area (Å²) in [7, 11) is 0. The molecular weight excluding hydrogens is 190 g/mol. The predicted octanol–water partition coefficient (Wildman–Crippen LogP) is 1.85. The number of benzene rings is 1. The van der Waals surface area contributed by atoms with Crippen molar-refractivity contribution in [1.29, 1.82) is 0 Å². The van der Waals surface area contributed by atoms with E-state index in [1.807, 2.05) is 30.3 Å². The smallest absolute Gasteiger partial charge is 0.332 e. The van der Waals surface area contributed by atoms with E-state index in [-0.39, 0.29) is 5.97 Å². The highest BCUT2D eigenvalue weighted by Crippen LogP contribution is 1.96. The van der Waals surface area contributed by atoms with Crippen molar-refractivity contribution in [3.05, 3.63) is 48.2 Å². The third-order valence-electron chi connectivity index (χ3n) is 1.77. The van der Waals surface area contributed by atoms with E-state index < -0.39 is 0 Å². The van der Waals surface area contributed by atoms with Gasteiger partial charge in [0.15, 0.2) is 0 Å². The molecule has 0 saturated heterocycles. The molecule has 0 unspecified atom stereocenters. The molecule has 0 radical (unpaired) electrons. The number of ether oxygens (including phenoxy) is 1. The van der Waals surface area contributed by atoms with Crippen molar-refractivity contribution in [1.82, 2.24) is 5.32 Å². The summed E-state index contributed by atoms with van der Waals surface area (Å²) in [6.07, 6.45) is 2.98. The van der Waals surface area contributed by atoms with E-state index in [1.165, 1.54) is 11.6 Å². The average molecular weight is 205 g/mol. The second kappa shape index (κ2) is 6.65. The van der Waals surface area contributed by atoms with Gasteiger partial charge < -0.3 is 10.1 Å². The highest BCUT2D eigenvalue weighted by atomic mass is 16.5. The zero-order valence-electron chi connectivity index (χ0n) is 8.77. The first kappa shape index (κ1) is 11.3. The molecule has 0 atom stereocenters. The summed E-state index contributed by atoms with van der Waals surface area (Å²) >= 11 is 0. The van der Waals surface area contributed by atoms with Crippen LogP contribution in [0.25, 0.3) is 0 Å². The first-order valence-corrected chi connectivity index (χ1v) is 4.93. The Labute approximate surface area is 89.8 Å². The van der Waals surface area contributed by atoms with E-state index in [0.717, 1.165) is 0 Å². The van der Waals surface area contributed by atoms with Gasteiger partial charge in [0.2, 0.25) is 0 Å². The fourth-order valence-electron chi connectivity index (χ4n) is 1.09. The van der Waals surface area contributed by atoms with Crippen molar-refractivity contribution >= 4 is 5.97 Å². The van der Waals surface area contributed by atoms with Gasteiger partial charge in [-0.15, -0.1) is 0 Å². The first-order valence-electron chi connectivity index (χ1n) is 4.93. The number of nitrogens with one attached hydrogen (secondary N) is 1. The normalized spacial score (nSPS) is 10.2. The van der Waals surface area contributed by atoms with Gasteiger partial charge in [0.25, 0.3) is 0 Å². The van der Waals surface area contributed by atoms with Gasteiger partial charge in [-0.1, -0.05) is 30.3 Å². The van der Waals surface area contributed by atoms with Gasteiger partial charge >= 0.3 is 5.97 Å². The van der Waals surface area contributed by atoms with Gasteiger partial charge in [-0.25, -0.2) is 4.79 Å². The van der Waals surface area contributed by atoms with Crippen molar-refractivity contribution in [2.24, 2.45) is 0 Å². The van der Waals surface area contributed by atoms with Crippen LogP contribution in [0.4, 0.5) is 0 Å². The maximum Gasteiger partial charge on any atom is 0.332 e. The lowest BCUT2D eigenvalue weighted by molar-refractivity contribution is -0.137. The topological polar surface area (TPSA) is 38.3 Å². The molecule has 0 aliphatic rings. The number of carbonyl (C=O) groups excluding carboxylic acids is 1. The van der Waals surface area contributed by atoms with E-state index in [4.69, 9.17) is 4.74 Å². The van der Waals surface area contributed by atoms with Gasteiger partial charge in [-0.2, -0.15) is 0 Å². The van der Waals surface area contributed by atoms with E-state index in [9.17, 15) is 4.79 Å². The summed E-state index contributed by atoms with van der Waals surface area (Å²) in [5.41, 5.74) is 1.17. The van der Waals surface area contributed by atoms with Gasteiger partial charge in [0.1, 0.15) is 0 Å². The summed E-state index contributed by atoms with van der Waals surface area (Å²) in [4.78, 5) is 10.9.